The van der Waals surface area contributed by atoms with E-state index in [1.54, 1.807) is 6.92 Å². The Morgan fingerprint density at radius 3 is 2.32 bits per heavy atom. The molecule has 2 heterocycles. The van der Waals surface area contributed by atoms with Crippen molar-refractivity contribution in [2.45, 2.75) is 58.6 Å². The van der Waals surface area contributed by atoms with Gasteiger partial charge in [0, 0.05) is 11.5 Å². The number of aliphatic hydroxyl groups excluding tert-OH is 1. The number of carbonyl (C=O) groups is 2. The van der Waals surface area contributed by atoms with Crippen LogP contribution in [0.1, 0.15) is 61.7 Å². The fraction of sp³-hybridized carbons (Fsp3) is 0.367. The zero-order valence-corrected chi connectivity index (χ0v) is 23.5. The number of amides is 1. The van der Waals surface area contributed by atoms with Gasteiger partial charge < -0.3 is 24.0 Å². The number of rotatable bonds is 11. The molecule has 0 aliphatic rings. The summed E-state index contributed by atoms with van der Waals surface area (Å²) in [6.07, 6.45) is 1.71. The average Bonchev–Trinajstić information content (AvgIpc) is 3.62. The van der Waals surface area contributed by atoms with Gasteiger partial charge in [-0.05, 0) is 36.5 Å². The van der Waals surface area contributed by atoms with E-state index in [1.165, 1.54) is 6.20 Å². The third kappa shape index (κ3) is 7.37. The van der Waals surface area contributed by atoms with Crippen molar-refractivity contribution < 1.29 is 28.3 Å². The summed E-state index contributed by atoms with van der Waals surface area (Å²) in [5, 5.41) is 23.1. The molecule has 0 saturated heterocycles. The van der Waals surface area contributed by atoms with Gasteiger partial charge in [-0.3, -0.25) is 9.59 Å². The molecule has 0 saturated carbocycles. The number of aliphatic hydroxyl groups is 1. The van der Waals surface area contributed by atoms with Gasteiger partial charge in [-0.1, -0.05) is 75.4 Å². The Kier molecular flexibility index (Phi) is 8.87. The number of carbonyl (C=O) groups excluding carboxylic acids is 2. The van der Waals surface area contributed by atoms with Gasteiger partial charge in [-0.2, -0.15) is 15.4 Å². The summed E-state index contributed by atoms with van der Waals surface area (Å²) in [5.74, 6) is -1.71. The molecule has 41 heavy (non-hydrogen) atoms. The van der Waals surface area contributed by atoms with Crippen molar-refractivity contribution in [3.63, 3.8) is 0 Å². The van der Waals surface area contributed by atoms with Crippen molar-refractivity contribution in [2.75, 3.05) is 6.61 Å². The highest BCUT2D eigenvalue weighted by molar-refractivity contribution is 5.92. The molecule has 2 aromatic heterocycles. The Morgan fingerprint density at radius 1 is 1.02 bits per heavy atom. The van der Waals surface area contributed by atoms with E-state index in [-0.39, 0.29) is 30.2 Å². The van der Waals surface area contributed by atoms with E-state index in [1.807, 2.05) is 75.4 Å². The predicted octanol–water partition coefficient (Wildman–Crippen LogP) is 3.79. The van der Waals surface area contributed by atoms with Crippen LogP contribution in [0.15, 0.2) is 74.4 Å². The lowest BCUT2D eigenvalue weighted by Gasteiger charge is -2.30. The van der Waals surface area contributed by atoms with Crippen molar-refractivity contribution in [2.24, 2.45) is 5.41 Å². The summed E-state index contributed by atoms with van der Waals surface area (Å²) in [6.45, 7) is 6.16. The van der Waals surface area contributed by atoms with Crippen molar-refractivity contribution in [1.29, 1.82) is 0 Å². The Hall–Kier alpha value is -4.51. The Morgan fingerprint density at radius 2 is 1.71 bits per heavy atom. The summed E-state index contributed by atoms with van der Waals surface area (Å²) < 4.78 is 15.7. The number of nitrogens with zero attached hydrogens (tertiary/aromatic N) is 2. The lowest BCUT2D eigenvalue weighted by atomic mass is 9.82. The van der Waals surface area contributed by atoms with Gasteiger partial charge in [0.25, 0.3) is 5.91 Å². The number of hydrogen-bond donors (Lipinski definition) is 3. The van der Waals surface area contributed by atoms with E-state index in [2.05, 4.69) is 20.7 Å². The molecule has 4 rings (SSSR count). The summed E-state index contributed by atoms with van der Waals surface area (Å²) in [7, 11) is 0. The molecule has 1 amide bonds. The van der Waals surface area contributed by atoms with Gasteiger partial charge in [0.15, 0.2) is 23.8 Å². The number of hydrogen-bond acceptors (Lipinski definition) is 9. The fourth-order valence-corrected chi connectivity index (χ4v) is 4.53. The molecule has 11 nitrogen and oxygen atoms in total. The van der Waals surface area contributed by atoms with Crippen molar-refractivity contribution >= 4 is 11.9 Å². The first-order valence-corrected chi connectivity index (χ1v) is 13.2. The Bertz CT molecular complexity index is 1500. The highest BCUT2D eigenvalue weighted by Gasteiger charge is 2.38. The van der Waals surface area contributed by atoms with E-state index in [0.717, 1.165) is 16.7 Å². The number of nitrogens with one attached hydrogen (secondary N) is 2. The maximum atomic E-state index is 13.3. The van der Waals surface area contributed by atoms with Crippen molar-refractivity contribution in [1.82, 2.24) is 20.7 Å². The third-order valence-corrected chi connectivity index (χ3v) is 6.73. The number of benzene rings is 2. The van der Waals surface area contributed by atoms with Crippen LogP contribution >= 0.6 is 0 Å². The standard InChI is InChI=1S/C30H34N4O7/c1-29(2,3)25-24(40-28(38)41-25)17-39-27(37)30(4,18-35)15-22(32-26(36)23-16-31-34-33-23)14-19-10-12-21(13-11-19)20-8-6-5-7-9-20/h5-13,16,22,35H,14-15,17-18H2,1-4H3,(H,32,36)(H,31,33,34). The monoisotopic (exact) mass is 562 g/mol. The number of ether oxygens (including phenoxy) is 1. The molecule has 0 radical (unpaired) electrons. The quantitative estimate of drug-likeness (QED) is 0.231. The van der Waals surface area contributed by atoms with Crippen LogP contribution in [0.25, 0.3) is 11.1 Å². The maximum Gasteiger partial charge on any atom is 0.519 e. The molecule has 2 atom stereocenters. The van der Waals surface area contributed by atoms with Crippen LogP contribution in [0.5, 0.6) is 0 Å². The molecule has 0 spiro atoms. The molecule has 2 unspecified atom stereocenters. The molecule has 2 aromatic carbocycles. The number of aromatic nitrogens is 3. The second-order valence-electron chi connectivity index (χ2n) is 11.2. The fourth-order valence-electron chi connectivity index (χ4n) is 4.53. The molecular weight excluding hydrogens is 528 g/mol. The van der Waals surface area contributed by atoms with Crippen LogP contribution in [-0.4, -0.2) is 45.0 Å². The lowest BCUT2D eigenvalue weighted by molar-refractivity contribution is -0.160. The van der Waals surface area contributed by atoms with E-state index in [9.17, 15) is 19.5 Å². The molecule has 4 aromatic rings. The zero-order valence-electron chi connectivity index (χ0n) is 23.5. The van der Waals surface area contributed by atoms with E-state index in [4.69, 9.17) is 13.6 Å². The maximum absolute atomic E-state index is 13.3. The van der Waals surface area contributed by atoms with Crippen LogP contribution in [0, 0.1) is 5.41 Å². The summed E-state index contributed by atoms with van der Waals surface area (Å²) in [4.78, 5) is 37.8. The minimum atomic E-state index is -1.39. The minimum absolute atomic E-state index is 0.0494. The number of H-pyrrole nitrogens is 1. The molecule has 0 bridgehead atoms. The highest BCUT2D eigenvalue weighted by Crippen LogP contribution is 2.30. The number of aromatic amines is 1. The highest BCUT2D eigenvalue weighted by atomic mass is 16.6. The Balaban J connectivity index is 1.52. The van der Waals surface area contributed by atoms with Gasteiger partial charge in [0.05, 0.1) is 18.2 Å². The molecule has 0 fully saturated rings. The van der Waals surface area contributed by atoms with Gasteiger partial charge in [-0.15, -0.1) is 0 Å². The Labute approximate surface area is 236 Å². The molecular formula is C30H34N4O7. The van der Waals surface area contributed by atoms with Crippen LogP contribution < -0.4 is 11.1 Å². The second-order valence-corrected chi connectivity index (χ2v) is 11.2. The minimum Gasteiger partial charge on any atom is -0.457 e. The smallest absolute Gasteiger partial charge is 0.457 e. The zero-order chi connectivity index (χ0) is 29.6. The normalized spacial score (nSPS) is 13.8. The summed E-state index contributed by atoms with van der Waals surface area (Å²) in [5.41, 5.74) is 1.18. The summed E-state index contributed by atoms with van der Waals surface area (Å²) in [6, 6.07) is 17.3. The van der Waals surface area contributed by atoms with E-state index in [0.29, 0.717) is 6.42 Å². The third-order valence-electron chi connectivity index (χ3n) is 6.73. The first-order valence-electron chi connectivity index (χ1n) is 13.2. The topological polar surface area (TPSA) is 161 Å². The second kappa shape index (κ2) is 12.3. The summed E-state index contributed by atoms with van der Waals surface area (Å²) >= 11 is 0. The molecule has 3 N–H and O–H groups in total. The van der Waals surface area contributed by atoms with Crippen molar-refractivity contribution in [3.8, 4) is 11.1 Å². The van der Waals surface area contributed by atoms with E-state index < -0.39 is 41.2 Å². The average molecular weight is 563 g/mol. The van der Waals surface area contributed by atoms with Gasteiger partial charge in [0.2, 0.25) is 0 Å². The van der Waals surface area contributed by atoms with E-state index >= 15 is 0 Å². The van der Waals surface area contributed by atoms with Crippen LogP contribution in [-0.2, 0) is 28.0 Å². The van der Waals surface area contributed by atoms with Crippen LogP contribution in [0.2, 0.25) is 0 Å². The molecule has 216 valence electrons. The van der Waals surface area contributed by atoms with Crippen LogP contribution in [0.3, 0.4) is 0 Å². The molecule has 0 aliphatic heterocycles. The predicted molar refractivity (Wildman–Crippen MR) is 149 cm³/mol. The van der Waals surface area contributed by atoms with Gasteiger partial charge in [0.1, 0.15) is 0 Å². The van der Waals surface area contributed by atoms with Gasteiger partial charge in [-0.25, -0.2) is 4.79 Å². The van der Waals surface area contributed by atoms with Crippen LogP contribution in [0.4, 0.5) is 0 Å². The number of esters is 1. The molecule has 11 heteroatoms. The lowest BCUT2D eigenvalue weighted by Crippen LogP contribution is -2.44. The largest absolute Gasteiger partial charge is 0.519 e. The van der Waals surface area contributed by atoms with Gasteiger partial charge >= 0.3 is 11.8 Å². The van der Waals surface area contributed by atoms with Crippen molar-refractivity contribution in [3.05, 3.63) is 94.2 Å². The molecule has 0 aliphatic carbocycles. The first kappa shape index (κ1) is 29.5. The first-order chi connectivity index (χ1) is 19.5. The SMILES string of the molecule is CC(CO)(CC(Cc1ccc(-c2ccccc2)cc1)NC(=O)c1cn[nH]n1)C(=O)OCc1oc(=O)oc1C(C)(C)C.